The number of benzene rings is 2. The maximum atomic E-state index is 12.4. The van der Waals surface area contributed by atoms with Gasteiger partial charge in [0.25, 0.3) is 0 Å². The molecule has 1 heterocycles. The normalized spacial score (nSPS) is 16.5. The minimum atomic E-state index is -0.0130. The summed E-state index contributed by atoms with van der Waals surface area (Å²) in [6.45, 7) is 4.22. The van der Waals surface area contributed by atoms with E-state index in [4.69, 9.17) is 4.74 Å². The smallest absolute Gasteiger partial charge is 0.224 e. The summed E-state index contributed by atoms with van der Waals surface area (Å²) in [7, 11) is 0. The van der Waals surface area contributed by atoms with E-state index in [9.17, 15) is 4.79 Å². The van der Waals surface area contributed by atoms with Crippen molar-refractivity contribution in [1.29, 1.82) is 0 Å². The van der Waals surface area contributed by atoms with Crippen LogP contribution < -0.4 is 5.32 Å². The van der Waals surface area contributed by atoms with Crippen LogP contribution in [0, 0.1) is 6.92 Å². The SMILES string of the molecule is Cc1ccccc1CC(=O)NCC1(c2ccccc2)CCOCC1. The lowest BCUT2D eigenvalue weighted by Gasteiger charge is -2.38. The van der Waals surface area contributed by atoms with Crippen molar-refractivity contribution < 1.29 is 9.53 Å². The number of rotatable bonds is 5. The summed E-state index contributed by atoms with van der Waals surface area (Å²) >= 11 is 0. The van der Waals surface area contributed by atoms with Crippen LogP contribution in [0.2, 0.25) is 0 Å². The lowest BCUT2D eigenvalue weighted by molar-refractivity contribution is -0.121. The Kier molecular flexibility index (Phi) is 5.31. The number of hydrogen-bond donors (Lipinski definition) is 1. The highest BCUT2D eigenvalue weighted by molar-refractivity contribution is 5.79. The van der Waals surface area contributed by atoms with E-state index in [0.717, 1.165) is 37.2 Å². The minimum absolute atomic E-state index is 0.0130. The number of nitrogens with one attached hydrogen (secondary N) is 1. The van der Waals surface area contributed by atoms with Crippen molar-refractivity contribution in [3.05, 3.63) is 71.3 Å². The third-order valence-electron chi connectivity index (χ3n) is 5.07. The average molecular weight is 323 g/mol. The monoisotopic (exact) mass is 323 g/mol. The van der Waals surface area contributed by atoms with Crippen LogP contribution in [0.4, 0.5) is 0 Å². The first-order valence-corrected chi connectivity index (χ1v) is 8.64. The number of hydrogen-bond acceptors (Lipinski definition) is 2. The molecule has 1 aliphatic heterocycles. The molecule has 0 unspecified atom stereocenters. The quantitative estimate of drug-likeness (QED) is 0.916. The molecule has 0 aromatic heterocycles. The van der Waals surface area contributed by atoms with Gasteiger partial charge in [-0.1, -0.05) is 54.6 Å². The molecule has 3 heteroatoms. The first-order chi connectivity index (χ1) is 11.7. The van der Waals surface area contributed by atoms with Gasteiger partial charge in [-0.25, -0.2) is 0 Å². The topological polar surface area (TPSA) is 38.3 Å². The Labute approximate surface area is 144 Å². The summed E-state index contributed by atoms with van der Waals surface area (Å²) in [6.07, 6.45) is 2.33. The van der Waals surface area contributed by atoms with Crippen molar-refractivity contribution in [2.45, 2.75) is 31.6 Å². The van der Waals surface area contributed by atoms with Crippen molar-refractivity contribution in [3.63, 3.8) is 0 Å². The third-order valence-corrected chi connectivity index (χ3v) is 5.07. The van der Waals surface area contributed by atoms with Crippen molar-refractivity contribution >= 4 is 5.91 Å². The average Bonchev–Trinajstić information content (AvgIpc) is 2.63. The van der Waals surface area contributed by atoms with E-state index in [1.54, 1.807) is 0 Å². The molecule has 0 bridgehead atoms. The van der Waals surface area contributed by atoms with Crippen molar-refractivity contribution in [2.75, 3.05) is 19.8 Å². The summed E-state index contributed by atoms with van der Waals surface area (Å²) in [5, 5.41) is 3.17. The molecule has 2 aromatic carbocycles. The van der Waals surface area contributed by atoms with Gasteiger partial charge < -0.3 is 10.1 Å². The van der Waals surface area contributed by atoms with Crippen molar-refractivity contribution in [1.82, 2.24) is 5.32 Å². The fraction of sp³-hybridized carbons (Fsp3) is 0.381. The number of ether oxygens (including phenoxy) is 1. The number of amides is 1. The van der Waals surface area contributed by atoms with Crippen LogP contribution in [0.15, 0.2) is 54.6 Å². The van der Waals surface area contributed by atoms with Crippen LogP contribution in [0.5, 0.6) is 0 Å². The van der Waals surface area contributed by atoms with Crippen LogP contribution in [0.1, 0.15) is 29.5 Å². The predicted octanol–water partition coefficient (Wildman–Crippen LogP) is 3.40. The van der Waals surface area contributed by atoms with E-state index in [0.29, 0.717) is 13.0 Å². The molecule has 1 saturated heterocycles. The maximum absolute atomic E-state index is 12.4. The molecule has 0 radical (unpaired) electrons. The molecule has 3 nitrogen and oxygen atoms in total. The summed E-state index contributed by atoms with van der Waals surface area (Å²) in [6, 6.07) is 18.6. The summed E-state index contributed by atoms with van der Waals surface area (Å²) in [4.78, 5) is 12.4. The first kappa shape index (κ1) is 16.7. The molecule has 24 heavy (non-hydrogen) atoms. The van der Waals surface area contributed by atoms with Crippen molar-refractivity contribution in [2.24, 2.45) is 0 Å². The van der Waals surface area contributed by atoms with Gasteiger partial charge in [-0.15, -0.1) is 0 Å². The molecule has 0 saturated carbocycles. The highest BCUT2D eigenvalue weighted by atomic mass is 16.5. The van der Waals surface area contributed by atoms with Gasteiger partial charge in [0.1, 0.15) is 0 Å². The van der Waals surface area contributed by atoms with E-state index in [1.807, 2.05) is 37.3 Å². The van der Waals surface area contributed by atoms with Gasteiger partial charge in [-0.3, -0.25) is 4.79 Å². The van der Waals surface area contributed by atoms with E-state index < -0.39 is 0 Å². The third kappa shape index (κ3) is 3.85. The van der Waals surface area contributed by atoms with Crippen LogP contribution in [0.3, 0.4) is 0 Å². The van der Waals surface area contributed by atoms with Gasteiger partial charge in [0.2, 0.25) is 5.91 Å². The zero-order valence-corrected chi connectivity index (χ0v) is 14.3. The molecule has 0 atom stereocenters. The van der Waals surface area contributed by atoms with Crippen LogP contribution >= 0.6 is 0 Å². The highest BCUT2D eigenvalue weighted by Gasteiger charge is 2.34. The highest BCUT2D eigenvalue weighted by Crippen LogP contribution is 2.34. The number of carbonyl (C=O) groups is 1. The van der Waals surface area contributed by atoms with Gasteiger partial charge in [0.15, 0.2) is 0 Å². The Morgan fingerprint density at radius 3 is 2.42 bits per heavy atom. The van der Waals surface area contributed by atoms with E-state index in [2.05, 4.69) is 29.6 Å². The zero-order valence-electron chi connectivity index (χ0n) is 14.3. The van der Waals surface area contributed by atoms with E-state index in [-0.39, 0.29) is 11.3 Å². The van der Waals surface area contributed by atoms with E-state index >= 15 is 0 Å². The second-order valence-electron chi connectivity index (χ2n) is 6.64. The summed E-state index contributed by atoms with van der Waals surface area (Å²) in [5.74, 6) is 0.0890. The molecule has 2 aromatic rings. The number of carbonyl (C=O) groups excluding carboxylic acids is 1. The van der Waals surface area contributed by atoms with Gasteiger partial charge in [0.05, 0.1) is 6.42 Å². The van der Waals surface area contributed by atoms with Crippen molar-refractivity contribution in [3.8, 4) is 0 Å². The molecule has 1 fully saturated rings. The molecular formula is C21H25NO2. The maximum Gasteiger partial charge on any atom is 0.224 e. The second-order valence-corrected chi connectivity index (χ2v) is 6.64. The molecule has 1 N–H and O–H groups in total. The molecule has 0 aliphatic carbocycles. The Morgan fingerprint density at radius 2 is 1.71 bits per heavy atom. The minimum Gasteiger partial charge on any atom is -0.381 e. The Hall–Kier alpha value is -2.13. The molecule has 3 rings (SSSR count). The molecule has 126 valence electrons. The molecular weight excluding hydrogens is 298 g/mol. The molecule has 1 aliphatic rings. The van der Waals surface area contributed by atoms with Crippen LogP contribution in [0.25, 0.3) is 0 Å². The van der Waals surface area contributed by atoms with Gasteiger partial charge in [-0.05, 0) is 36.5 Å². The van der Waals surface area contributed by atoms with E-state index in [1.165, 1.54) is 5.56 Å². The Bertz CT molecular complexity index is 675. The number of aryl methyl sites for hydroxylation is 1. The largest absolute Gasteiger partial charge is 0.381 e. The molecule has 0 spiro atoms. The van der Waals surface area contributed by atoms with Gasteiger partial charge in [0, 0.05) is 25.2 Å². The van der Waals surface area contributed by atoms with Crippen LogP contribution in [-0.4, -0.2) is 25.7 Å². The van der Waals surface area contributed by atoms with Crippen LogP contribution in [-0.2, 0) is 21.4 Å². The first-order valence-electron chi connectivity index (χ1n) is 8.64. The Balaban J connectivity index is 1.68. The standard InChI is InChI=1S/C21H25NO2/c1-17-7-5-6-8-18(17)15-20(23)22-16-21(11-13-24-14-12-21)19-9-3-2-4-10-19/h2-10H,11-16H2,1H3,(H,22,23). The lowest BCUT2D eigenvalue weighted by Crippen LogP contribution is -2.45. The van der Waals surface area contributed by atoms with Gasteiger partial charge >= 0.3 is 0 Å². The summed E-state index contributed by atoms with van der Waals surface area (Å²) < 4.78 is 5.55. The summed E-state index contributed by atoms with van der Waals surface area (Å²) in [5.41, 5.74) is 3.54. The lowest BCUT2D eigenvalue weighted by atomic mass is 9.74. The second kappa shape index (κ2) is 7.63. The molecule has 1 amide bonds. The Morgan fingerprint density at radius 1 is 1.04 bits per heavy atom. The van der Waals surface area contributed by atoms with Gasteiger partial charge in [-0.2, -0.15) is 0 Å². The fourth-order valence-electron chi connectivity index (χ4n) is 3.43. The fourth-order valence-corrected chi connectivity index (χ4v) is 3.43. The predicted molar refractivity (Wildman–Crippen MR) is 96.1 cm³/mol. The zero-order chi connectivity index (χ0) is 16.8.